The first-order chi connectivity index (χ1) is 23.4. The number of piperazine rings is 2. The Morgan fingerprint density at radius 2 is 1.58 bits per heavy atom. The zero-order valence-electron chi connectivity index (χ0n) is 27.8. The smallest absolute Gasteiger partial charge is 0.323 e. The number of methoxy groups -OCH3 is 1. The Morgan fingerprint density at radius 3 is 2.18 bits per heavy atom. The Morgan fingerprint density at radius 1 is 0.900 bits per heavy atom. The molecule has 2 aromatic heterocycles. The number of alkyl halides is 2. The molecule has 2 atom stereocenters. The van der Waals surface area contributed by atoms with Gasteiger partial charge in [0, 0.05) is 69.7 Å². The number of hydrogen-bond donors (Lipinski definition) is 0. The quantitative estimate of drug-likeness (QED) is 0.198. The second-order valence-electron chi connectivity index (χ2n) is 11.7. The monoisotopic (exact) mass is 731 g/mol. The third kappa shape index (κ3) is 8.94. The van der Waals surface area contributed by atoms with E-state index in [1.807, 2.05) is 24.0 Å². The number of fused-ring (bicyclic) bond motifs is 1. The fraction of sp³-hybridized carbons (Fsp3) is 0.400. The van der Waals surface area contributed by atoms with Crippen LogP contribution in [0, 0.1) is 0 Å². The highest BCUT2D eigenvalue weighted by atomic mass is 35.5. The van der Waals surface area contributed by atoms with Gasteiger partial charge in [0.05, 0.1) is 25.5 Å². The Bertz CT molecular complexity index is 1610. The molecule has 11 nitrogen and oxygen atoms in total. The molecule has 2 aliphatic rings. The van der Waals surface area contributed by atoms with Gasteiger partial charge in [-0.1, -0.05) is 60.7 Å². The van der Waals surface area contributed by atoms with Gasteiger partial charge in [0.15, 0.2) is 6.61 Å². The van der Waals surface area contributed by atoms with Crippen molar-refractivity contribution in [1.82, 2.24) is 34.6 Å². The predicted octanol–water partition coefficient (Wildman–Crippen LogP) is 5.00. The van der Waals surface area contributed by atoms with E-state index >= 15 is 0 Å². The minimum absolute atomic E-state index is 0. The summed E-state index contributed by atoms with van der Waals surface area (Å²) in [7, 11) is 1.47. The Labute approximate surface area is 302 Å². The molecule has 0 spiro atoms. The van der Waals surface area contributed by atoms with Crippen molar-refractivity contribution in [2.75, 3.05) is 53.0 Å². The normalized spacial score (nSPS) is 17.8. The Hall–Kier alpha value is -4.17. The van der Waals surface area contributed by atoms with Crippen LogP contribution in [-0.2, 0) is 6.54 Å². The molecule has 0 radical (unpaired) electrons. The molecule has 0 saturated carbocycles. The van der Waals surface area contributed by atoms with Crippen LogP contribution < -0.4 is 14.2 Å². The highest BCUT2D eigenvalue weighted by molar-refractivity contribution is 5.92. The van der Waals surface area contributed by atoms with E-state index in [2.05, 4.69) is 78.3 Å². The summed E-state index contributed by atoms with van der Waals surface area (Å²) in [6.07, 6.45) is 1.90. The van der Waals surface area contributed by atoms with Crippen LogP contribution in [0.5, 0.6) is 17.8 Å². The molecule has 2 aliphatic heterocycles. The summed E-state index contributed by atoms with van der Waals surface area (Å²) < 4.78 is 42.5. The van der Waals surface area contributed by atoms with Crippen LogP contribution in [0.2, 0.25) is 0 Å². The second-order valence-corrected chi connectivity index (χ2v) is 11.7. The molecule has 0 bridgehead atoms. The van der Waals surface area contributed by atoms with Crippen LogP contribution in [0.1, 0.15) is 40.0 Å². The molecule has 6 rings (SSSR count). The fourth-order valence-corrected chi connectivity index (χ4v) is 6.76. The summed E-state index contributed by atoms with van der Waals surface area (Å²) in [6, 6.07) is 20.8. The third-order valence-electron chi connectivity index (χ3n) is 8.75. The van der Waals surface area contributed by atoms with Crippen molar-refractivity contribution >= 4 is 30.7 Å². The molecule has 50 heavy (non-hydrogen) atoms. The van der Waals surface area contributed by atoms with Crippen molar-refractivity contribution in [3.63, 3.8) is 0 Å². The molecule has 1 unspecified atom stereocenters. The predicted molar refractivity (Wildman–Crippen MR) is 188 cm³/mol. The van der Waals surface area contributed by atoms with Crippen LogP contribution in [0.4, 0.5) is 8.78 Å². The molecule has 2 saturated heterocycles. The van der Waals surface area contributed by atoms with E-state index in [9.17, 15) is 13.6 Å². The number of nitrogens with zero attached hydrogens (tertiary/aromatic N) is 7. The van der Waals surface area contributed by atoms with Gasteiger partial charge in [-0.05, 0) is 18.1 Å². The summed E-state index contributed by atoms with van der Waals surface area (Å²) in [5, 5.41) is 0. The van der Waals surface area contributed by atoms with Gasteiger partial charge >= 0.3 is 6.01 Å². The van der Waals surface area contributed by atoms with Crippen LogP contribution >= 0.6 is 24.8 Å². The highest BCUT2D eigenvalue weighted by Gasteiger charge is 2.43. The first-order valence-electron chi connectivity index (χ1n) is 16.1. The molecule has 268 valence electrons. The van der Waals surface area contributed by atoms with Gasteiger partial charge in [-0.2, -0.15) is 9.97 Å². The lowest BCUT2D eigenvalue weighted by molar-refractivity contribution is -0.0293. The molecule has 4 heterocycles. The minimum Gasteiger partial charge on any atom is -0.481 e. The van der Waals surface area contributed by atoms with Gasteiger partial charge in [-0.15, -0.1) is 24.8 Å². The van der Waals surface area contributed by atoms with Crippen molar-refractivity contribution in [2.45, 2.75) is 37.9 Å². The van der Waals surface area contributed by atoms with E-state index in [0.29, 0.717) is 57.1 Å². The van der Waals surface area contributed by atoms with E-state index in [1.165, 1.54) is 30.6 Å². The van der Waals surface area contributed by atoms with Crippen molar-refractivity contribution < 1.29 is 27.8 Å². The largest absolute Gasteiger partial charge is 0.481 e. The first kappa shape index (κ1) is 38.6. The van der Waals surface area contributed by atoms with E-state index < -0.39 is 13.0 Å². The fourth-order valence-electron chi connectivity index (χ4n) is 6.76. The molecule has 2 aromatic carbocycles. The maximum atomic E-state index is 13.5. The number of halogens is 4. The van der Waals surface area contributed by atoms with Gasteiger partial charge < -0.3 is 19.1 Å². The average Bonchev–Trinajstić information content (AvgIpc) is 3.12. The Balaban J connectivity index is 0.00000281. The molecule has 15 heteroatoms. The number of carbonyl (C=O) groups is 1. The molecule has 1 amide bonds. The van der Waals surface area contributed by atoms with Crippen LogP contribution in [0.3, 0.4) is 0 Å². The van der Waals surface area contributed by atoms with Gasteiger partial charge in [0.25, 0.3) is 12.3 Å². The number of rotatable bonds is 12. The molecule has 0 aliphatic carbocycles. The summed E-state index contributed by atoms with van der Waals surface area (Å²) in [4.78, 5) is 37.2. The van der Waals surface area contributed by atoms with Crippen LogP contribution in [-0.4, -0.2) is 112 Å². The standard InChI is InChI=1S/C35H39F2N7O4.2ClH/c1-3-47-33-27(32(46-2)40-35(41-33)48-23-30(36)37)21-42-19-26-20-43(34(45)28-18-38-14-15-39-28)16-17-44(26)29(22-42)31(24-10-6-4-7-11-24)25-12-8-5-9-13-25;;/h4-15,18,26,29-31H,3,16-17,19-23H2,1-2H3;2*1H/t26-,29?;;/m1../s1. The molecular formula is C35H41Cl2F2N7O4. The summed E-state index contributed by atoms with van der Waals surface area (Å²) >= 11 is 0. The minimum atomic E-state index is -2.68. The summed E-state index contributed by atoms with van der Waals surface area (Å²) in [5.41, 5.74) is 3.31. The van der Waals surface area contributed by atoms with Crippen molar-refractivity contribution in [1.29, 1.82) is 0 Å². The maximum absolute atomic E-state index is 13.5. The highest BCUT2D eigenvalue weighted by Crippen LogP contribution is 2.37. The van der Waals surface area contributed by atoms with Gasteiger partial charge in [-0.25, -0.2) is 13.8 Å². The number of amides is 1. The van der Waals surface area contributed by atoms with Crippen LogP contribution in [0.25, 0.3) is 0 Å². The maximum Gasteiger partial charge on any atom is 0.323 e. The van der Waals surface area contributed by atoms with E-state index in [4.69, 9.17) is 14.2 Å². The second kappa shape index (κ2) is 18.2. The van der Waals surface area contributed by atoms with Crippen LogP contribution in [0.15, 0.2) is 79.3 Å². The topological polar surface area (TPSA) is 106 Å². The third-order valence-corrected chi connectivity index (χ3v) is 8.75. The lowest BCUT2D eigenvalue weighted by Gasteiger charge is -2.53. The number of hydrogen-bond acceptors (Lipinski definition) is 10. The van der Waals surface area contributed by atoms with Crippen molar-refractivity contribution in [3.8, 4) is 17.8 Å². The SMILES string of the molecule is CCOc1nc(OCC(F)F)nc(OC)c1CN1CC(C(c2ccccc2)c2ccccc2)N2CCN(C(=O)c3cnccn3)C[C@H]2C1.Cl.Cl. The van der Waals surface area contributed by atoms with E-state index in [0.717, 1.165) is 0 Å². The molecule has 4 aromatic rings. The molecule has 2 fully saturated rings. The van der Waals surface area contributed by atoms with E-state index in [-0.39, 0.29) is 66.5 Å². The number of carbonyl (C=O) groups excluding carboxylic acids is 1. The van der Waals surface area contributed by atoms with Gasteiger partial charge in [0.1, 0.15) is 5.69 Å². The van der Waals surface area contributed by atoms with Gasteiger partial charge in [-0.3, -0.25) is 19.6 Å². The summed E-state index contributed by atoms with van der Waals surface area (Å²) in [6.45, 7) is 4.72. The lowest BCUT2D eigenvalue weighted by atomic mass is 9.81. The Kier molecular flexibility index (Phi) is 14.0. The van der Waals surface area contributed by atoms with E-state index in [1.54, 1.807) is 6.20 Å². The van der Waals surface area contributed by atoms with Gasteiger partial charge in [0.2, 0.25) is 11.8 Å². The number of benzene rings is 2. The average molecular weight is 733 g/mol. The zero-order chi connectivity index (χ0) is 33.5. The van der Waals surface area contributed by atoms with Crippen molar-refractivity contribution in [3.05, 3.63) is 102 Å². The zero-order valence-corrected chi connectivity index (χ0v) is 29.4. The molecule has 0 N–H and O–H groups in total. The molecular weight excluding hydrogens is 691 g/mol. The lowest BCUT2D eigenvalue weighted by Crippen LogP contribution is -2.67. The number of ether oxygens (including phenoxy) is 3. The number of aromatic nitrogens is 4. The van der Waals surface area contributed by atoms with Crippen molar-refractivity contribution in [2.24, 2.45) is 0 Å². The summed E-state index contributed by atoms with van der Waals surface area (Å²) in [5.74, 6) is 0.308. The first-order valence-corrected chi connectivity index (χ1v) is 16.1.